The number of thiocarbonyl (C=S) groups is 1. The van der Waals surface area contributed by atoms with Gasteiger partial charge in [-0.1, -0.05) is 65.9 Å². The van der Waals surface area contributed by atoms with Gasteiger partial charge in [0.25, 0.3) is 5.91 Å². The van der Waals surface area contributed by atoms with E-state index in [4.69, 9.17) is 33.7 Å². The number of ether oxygens (including phenoxy) is 1. The van der Waals surface area contributed by atoms with Gasteiger partial charge in [-0.2, -0.15) is 0 Å². The zero-order valence-electron chi connectivity index (χ0n) is 13.9. The van der Waals surface area contributed by atoms with Gasteiger partial charge in [0.2, 0.25) is 0 Å². The van der Waals surface area contributed by atoms with Crippen molar-refractivity contribution < 1.29 is 19.4 Å². The van der Waals surface area contributed by atoms with Gasteiger partial charge in [0.15, 0.2) is 4.32 Å². The Bertz CT molecular complexity index is 945. The van der Waals surface area contributed by atoms with E-state index in [1.165, 1.54) is 16.7 Å². The Morgan fingerprint density at radius 3 is 2.67 bits per heavy atom. The summed E-state index contributed by atoms with van der Waals surface area (Å²) in [6.07, 6.45) is 1.58. The first-order valence-electron chi connectivity index (χ1n) is 7.93. The van der Waals surface area contributed by atoms with Crippen molar-refractivity contribution >= 4 is 63.5 Å². The van der Waals surface area contributed by atoms with E-state index in [0.29, 0.717) is 31.2 Å². The molecule has 138 valence electrons. The first kappa shape index (κ1) is 19.4. The number of carboxylic acid groups (broad SMARTS) is 1. The number of carboxylic acids is 1. The summed E-state index contributed by atoms with van der Waals surface area (Å²) >= 11 is 12.7. The second-order valence-electron chi connectivity index (χ2n) is 5.50. The number of carbonyl (C=O) groups excluding carboxylic acids is 1. The molecule has 1 fully saturated rings. The number of benzene rings is 2. The smallest absolute Gasteiger partial charge is 0.306 e. The molecule has 1 heterocycles. The molecule has 0 saturated carbocycles. The number of thioether (sulfide) groups is 1. The maximum absolute atomic E-state index is 12.9. The highest BCUT2D eigenvalue weighted by molar-refractivity contribution is 8.27. The maximum Gasteiger partial charge on any atom is 0.306 e. The molecular weight excluding hydrogens is 406 g/mol. The molecule has 0 spiro atoms. The second-order valence-corrected chi connectivity index (χ2v) is 7.58. The molecule has 1 saturated heterocycles. The number of hydrogen-bond acceptors (Lipinski definition) is 5. The summed E-state index contributed by atoms with van der Waals surface area (Å²) in [5.41, 5.74) is 1.21. The Kier molecular flexibility index (Phi) is 6.15. The molecule has 0 bridgehead atoms. The van der Waals surface area contributed by atoms with Crippen molar-refractivity contribution in [2.75, 3.05) is 11.5 Å². The van der Waals surface area contributed by atoms with Crippen LogP contribution in [0.15, 0.2) is 53.4 Å². The summed E-state index contributed by atoms with van der Waals surface area (Å²) in [5.74, 6) is -0.701. The van der Waals surface area contributed by atoms with Gasteiger partial charge >= 0.3 is 5.97 Å². The van der Waals surface area contributed by atoms with Crippen LogP contribution in [-0.2, 0) is 9.59 Å². The topological polar surface area (TPSA) is 66.8 Å². The van der Waals surface area contributed by atoms with Crippen molar-refractivity contribution in [2.24, 2.45) is 0 Å². The normalized spacial score (nSPS) is 15.4. The monoisotopic (exact) mass is 419 g/mol. The summed E-state index contributed by atoms with van der Waals surface area (Å²) < 4.78 is 5.93. The van der Waals surface area contributed by atoms with E-state index >= 15 is 0 Å². The molecule has 2 aromatic rings. The van der Waals surface area contributed by atoms with Crippen LogP contribution < -0.4 is 9.64 Å². The molecular formula is C19H14ClNO4S2. The van der Waals surface area contributed by atoms with Crippen molar-refractivity contribution in [2.45, 2.75) is 6.42 Å². The van der Waals surface area contributed by atoms with Crippen LogP contribution in [0, 0.1) is 0 Å². The average Bonchev–Trinajstić information content (AvgIpc) is 2.90. The summed E-state index contributed by atoms with van der Waals surface area (Å²) in [6.45, 7) is 0.0424. The number of carbonyl (C=O) groups is 2. The van der Waals surface area contributed by atoms with Crippen LogP contribution in [-0.4, -0.2) is 27.9 Å². The summed E-state index contributed by atoms with van der Waals surface area (Å²) in [7, 11) is 0. The fourth-order valence-corrected chi connectivity index (χ4v) is 3.93. The zero-order valence-corrected chi connectivity index (χ0v) is 16.3. The Balaban J connectivity index is 1.86. The van der Waals surface area contributed by atoms with Crippen LogP contribution in [0.5, 0.6) is 5.75 Å². The molecule has 0 aliphatic carbocycles. The lowest BCUT2D eigenvalue weighted by molar-refractivity contribution is -0.137. The summed E-state index contributed by atoms with van der Waals surface area (Å²) in [5, 5.41) is 9.18. The van der Waals surface area contributed by atoms with Crippen molar-refractivity contribution in [3.63, 3.8) is 0 Å². The van der Waals surface area contributed by atoms with Crippen molar-refractivity contribution in [3.05, 3.63) is 64.0 Å². The van der Waals surface area contributed by atoms with E-state index in [-0.39, 0.29) is 18.9 Å². The molecule has 5 nitrogen and oxygen atoms in total. The molecule has 1 aliphatic rings. The van der Waals surface area contributed by atoms with E-state index < -0.39 is 5.97 Å². The second kappa shape index (κ2) is 8.56. The highest BCUT2D eigenvalue weighted by Crippen LogP contribution is 2.39. The third-order valence-corrected chi connectivity index (χ3v) is 5.29. The van der Waals surface area contributed by atoms with Gasteiger partial charge in [0.05, 0.1) is 28.6 Å². The molecule has 3 rings (SSSR count). The largest absolute Gasteiger partial charge is 0.492 e. The first-order chi connectivity index (χ1) is 13.0. The fourth-order valence-electron chi connectivity index (χ4n) is 2.43. The maximum atomic E-state index is 12.9. The number of halogens is 1. The van der Waals surface area contributed by atoms with Crippen LogP contribution in [0.3, 0.4) is 0 Å². The average molecular weight is 420 g/mol. The van der Waals surface area contributed by atoms with Gasteiger partial charge in [-0.15, -0.1) is 0 Å². The molecule has 1 amide bonds. The molecule has 8 heteroatoms. The lowest BCUT2D eigenvalue weighted by atomic mass is 10.2. The number of nitrogens with zero attached hydrogens (tertiary/aromatic N) is 1. The molecule has 0 unspecified atom stereocenters. The Morgan fingerprint density at radius 2 is 1.93 bits per heavy atom. The molecule has 27 heavy (non-hydrogen) atoms. The minimum absolute atomic E-state index is 0.0424. The third kappa shape index (κ3) is 4.50. The minimum Gasteiger partial charge on any atom is -0.492 e. The summed E-state index contributed by atoms with van der Waals surface area (Å²) in [6, 6.07) is 14.1. The molecule has 2 aromatic carbocycles. The third-order valence-electron chi connectivity index (χ3n) is 3.67. The number of para-hydroxylation sites is 2. The Labute approximate surface area is 170 Å². The highest BCUT2D eigenvalue weighted by Gasteiger charge is 2.34. The molecule has 0 aromatic heterocycles. The van der Waals surface area contributed by atoms with E-state index in [1.54, 1.807) is 48.5 Å². The van der Waals surface area contributed by atoms with E-state index in [0.717, 1.165) is 0 Å². The van der Waals surface area contributed by atoms with E-state index in [1.807, 2.05) is 6.07 Å². The molecule has 1 N–H and O–H groups in total. The van der Waals surface area contributed by atoms with Gasteiger partial charge in [-0.05, 0) is 24.3 Å². The zero-order chi connectivity index (χ0) is 19.4. The predicted octanol–water partition coefficient (Wildman–Crippen LogP) is 4.60. The lowest BCUT2D eigenvalue weighted by Gasteiger charge is -2.15. The van der Waals surface area contributed by atoms with E-state index in [9.17, 15) is 9.59 Å². The standard InChI is InChI=1S/C19H14ClNO4S2/c20-13-6-2-3-7-14(13)21-18(24)16(27-19(21)26)11-12-5-1-4-8-15(12)25-10-9-17(22)23/h1-8,11H,9-10H2,(H,22,23)/b16-11+. The number of hydrogen-bond donors (Lipinski definition) is 1. The van der Waals surface area contributed by atoms with Gasteiger partial charge < -0.3 is 9.84 Å². The number of aliphatic carboxylic acids is 1. The van der Waals surface area contributed by atoms with Crippen LogP contribution in [0.25, 0.3) is 6.08 Å². The first-order valence-corrected chi connectivity index (χ1v) is 9.54. The lowest BCUT2D eigenvalue weighted by Crippen LogP contribution is -2.27. The minimum atomic E-state index is -0.937. The summed E-state index contributed by atoms with van der Waals surface area (Å²) in [4.78, 5) is 25.4. The predicted molar refractivity (Wildman–Crippen MR) is 111 cm³/mol. The van der Waals surface area contributed by atoms with Crippen LogP contribution >= 0.6 is 35.6 Å². The molecule has 0 atom stereocenters. The van der Waals surface area contributed by atoms with Gasteiger partial charge in [0, 0.05) is 5.56 Å². The van der Waals surface area contributed by atoms with Crippen LogP contribution in [0.4, 0.5) is 5.69 Å². The SMILES string of the molecule is O=C(O)CCOc1ccccc1/C=C1/SC(=S)N(c2ccccc2Cl)C1=O. The van der Waals surface area contributed by atoms with Crippen LogP contribution in [0.2, 0.25) is 5.02 Å². The number of amides is 1. The quantitative estimate of drug-likeness (QED) is 0.545. The van der Waals surface area contributed by atoms with Gasteiger partial charge in [0.1, 0.15) is 5.75 Å². The van der Waals surface area contributed by atoms with Crippen molar-refractivity contribution in [1.82, 2.24) is 0 Å². The van der Waals surface area contributed by atoms with Gasteiger partial charge in [-0.3, -0.25) is 14.5 Å². The Hall–Kier alpha value is -2.35. The highest BCUT2D eigenvalue weighted by atomic mass is 35.5. The van der Waals surface area contributed by atoms with Crippen LogP contribution in [0.1, 0.15) is 12.0 Å². The fraction of sp³-hybridized carbons (Fsp3) is 0.105. The Morgan fingerprint density at radius 1 is 1.22 bits per heavy atom. The molecule has 1 aliphatic heterocycles. The van der Waals surface area contributed by atoms with Crippen molar-refractivity contribution in [3.8, 4) is 5.75 Å². The van der Waals surface area contributed by atoms with Gasteiger partial charge in [-0.25, -0.2) is 0 Å². The van der Waals surface area contributed by atoms with E-state index in [2.05, 4.69) is 0 Å². The molecule has 0 radical (unpaired) electrons. The number of rotatable bonds is 6. The van der Waals surface area contributed by atoms with Crippen molar-refractivity contribution in [1.29, 1.82) is 0 Å². The number of anilines is 1.